The van der Waals surface area contributed by atoms with E-state index in [-0.39, 0.29) is 25.2 Å². The van der Waals surface area contributed by atoms with Crippen LogP contribution in [-0.4, -0.2) is 31.4 Å². The summed E-state index contributed by atoms with van der Waals surface area (Å²) in [5.74, 6) is -2.01. The fraction of sp³-hybridized carbons (Fsp3) is 0.500. The van der Waals surface area contributed by atoms with E-state index in [0.717, 1.165) is 12.8 Å². The Balaban J connectivity index is 2.07. The highest BCUT2D eigenvalue weighted by atomic mass is 19.1. The smallest absolute Gasteiger partial charge is 0.239 e. The fourth-order valence-corrected chi connectivity index (χ4v) is 3.15. The number of benzene rings is 1. The van der Waals surface area contributed by atoms with Crippen LogP contribution < -0.4 is 16.4 Å². The maximum atomic E-state index is 14.1. The number of hydrogen-bond acceptors (Lipinski definition) is 3. The van der Waals surface area contributed by atoms with Crippen LogP contribution in [0.3, 0.4) is 0 Å². The quantitative estimate of drug-likeness (QED) is 0.728. The van der Waals surface area contributed by atoms with Gasteiger partial charge in [0.2, 0.25) is 11.8 Å². The van der Waals surface area contributed by atoms with Crippen molar-refractivity contribution in [3.05, 3.63) is 35.4 Å². The van der Waals surface area contributed by atoms with E-state index in [2.05, 4.69) is 10.6 Å². The molecule has 0 spiro atoms. The monoisotopic (exact) mass is 325 g/mol. The zero-order valence-electron chi connectivity index (χ0n) is 12.8. The predicted octanol–water partition coefficient (Wildman–Crippen LogP) is 0.968. The van der Waals surface area contributed by atoms with Gasteiger partial charge in [-0.15, -0.1) is 0 Å². The topological polar surface area (TPSA) is 84.2 Å². The first-order chi connectivity index (χ1) is 11.0. The van der Waals surface area contributed by atoms with Crippen molar-refractivity contribution in [3.63, 3.8) is 0 Å². The van der Waals surface area contributed by atoms with Crippen LogP contribution in [0.4, 0.5) is 8.78 Å². The third kappa shape index (κ3) is 4.04. The number of amides is 2. The van der Waals surface area contributed by atoms with Gasteiger partial charge in [-0.25, -0.2) is 8.78 Å². The minimum atomic E-state index is -0.733. The number of hydrogen-bond donors (Lipinski definition) is 3. The van der Waals surface area contributed by atoms with Gasteiger partial charge >= 0.3 is 0 Å². The lowest BCUT2D eigenvalue weighted by molar-refractivity contribution is -0.125. The molecule has 1 aliphatic rings. The number of halogens is 2. The highest BCUT2D eigenvalue weighted by molar-refractivity contribution is 5.85. The highest BCUT2D eigenvalue weighted by Gasteiger charge is 2.40. The van der Waals surface area contributed by atoms with Gasteiger partial charge in [-0.1, -0.05) is 18.9 Å². The van der Waals surface area contributed by atoms with Gasteiger partial charge in [-0.3, -0.25) is 9.59 Å². The second kappa shape index (κ2) is 7.50. The molecule has 126 valence electrons. The van der Waals surface area contributed by atoms with Crippen LogP contribution in [0.25, 0.3) is 0 Å². The summed E-state index contributed by atoms with van der Waals surface area (Å²) in [6.07, 6.45) is 2.93. The molecule has 4 N–H and O–H groups in total. The van der Waals surface area contributed by atoms with Crippen molar-refractivity contribution < 1.29 is 18.4 Å². The number of carbonyl (C=O) groups is 2. The SMILES string of the molecule is NCC(=O)NCC(=O)NCC1(c2c(F)cccc2F)CCCC1. The molecule has 5 nitrogen and oxygen atoms in total. The average Bonchev–Trinajstić information content (AvgIpc) is 3.00. The molecule has 0 unspecified atom stereocenters. The minimum Gasteiger partial charge on any atom is -0.354 e. The maximum Gasteiger partial charge on any atom is 0.239 e. The van der Waals surface area contributed by atoms with Gasteiger partial charge in [0, 0.05) is 17.5 Å². The molecule has 0 aromatic heterocycles. The summed E-state index contributed by atoms with van der Waals surface area (Å²) in [5.41, 5.74) is 4.45. The zero-order valence-corrected chi connectivity index (χ0v) is 12.8. The summed E-state index contributed by atoms with van der Waals surface area (Å²) in [5, 5.41) is 5.03. The third-order valence-electron chi connectivity index (χ3n) is 4.31. The molecule has 0 atom stereocenters. The summed E-state index contributed by atoms with van der Waals surface area (Å²) < 4.78 is 28.3. The van der Waals surface area contributed by atoms with E-state index >= 15 is 0 Å². The lowest BCUT2D eigenvalue weighted by Gasteiger charge is -2.30. The van der Waals surface area contributed by atoms with Crippen molar-refractivity contribution in [1.82, 2.24) is 10.6 Å². The molecular weight excluding hydrogens is 304 g/mol. The number of nitrogens with one attached hydrogen (secondary N) is 2. The van der Waals surface area contributed by atoms with Crippen molar-refractivity contribution in [2.24, 2.45) is 5.73 Å². The van der Waals surface area contributed by atoms with Crippen LogP contribution in [0.5, 0.6) is 0 Å². The van der Waals surface area contributed by atoms with Crippen LogP contribution in [0.1, 0.15) is 31.2 Å². The Kier molecular flexibility index (Phi) is 5.65. The van der Waals surface area contributed by atoms with E-state index in [1.165, 1.54) is 18.2 Å². The summed E-state index contributed by atoms with van der Waals surface area (Å²) in [6.45, 7) is -0.258. The second-order valence-electron chi connectivity index (χ2n) is 5.84. The summed E-state index contributed by atoms with van der Waals surface area (Å²) in [7, 11) is 0. The van der Waals surface area contributed by atoms with Gasteiger partial charge in [0.05, 0.1) is 13.1 Å². The first-order valence-electron chi connectivity index (χ1n) is 7.66. The Morgan fingerprint density at radius 1 is 1.09 bits per heavy atom. The Labute approximate surface area is 133 Å². The maximum absolute atomic E-state index is 14.1. The number of carbonyl (C=O) groups excluding carboxylic acids is 2. The standard InChI is InChI=1S/C16H21F2N3O2/c17-11-4-3-5-12(18)15(11)16(6-1-2-7-16)10-21-14(23)9-20-13(22)8-19/h3-5H,1-2,6-10,19H2,(H,20,22)(H,21,23). The van der Waals surface area contributed by atoms with Gasteiger partial charge in [0.25, 0.3) is 0 Å². The van der Waals surface area contributed by atoms with Crippen molar-refractivity contribution in [3.8, 4) is 0 Å². The molecule has 23 heavy (non-hydrogen) atoms. The Morgan fingerprint density at radius 2 is 1.70 bits per heavy atom. The van der Waals surface area contributed by atoms with Gasteiger partial charge < -0.3 is 16.4 Å². The fourth-order valence-electron chi connectivity index (χ4n) is 3.15. The minimum absolute atomic E-state index is 0.0452. The molecular formula is C16H21F2N3O2. The van der Waals surface area contributed by atoms with Crippen molar-refractivity contribution in [2.75, 3.05) is 19.6 Å². The van der Waals surface area contributed by atoms with E-state index in [4.69, 9.17) is 5.73 Å². The van der Waals surface area contributed by atoms with Crippen molar-refractivity contribution in [2.45, 2.75) is 31.1 Å². The Bertz CT molecular complexity index is 566. The Hall–Kier alpha value is -2.02. The second-order valence-corrected chi connectivity index (χ2v) is 5.84. The molecule has 0 saturated heterocycles. The molecule has 1 aromatic carbocycles. The molecule has 0 bridgehead atoms. The first-order valence-corrected chi connectivity index (χ1v) is 7.66. The lowest BCUT2D eigenvalue weighted by atomic mass is 9.78. The van der Waals surface area contributed by atoms with Crippen molar-refractivity contribution >= 4 is 11.8 Å². The van der Waals surface area contributed by atoms with Crippen molar-refractivity contribution in [1.29, 1.82) is 0 Å². The van der Waals surface area contributed by atoms with Crippen LogP contribution in [-0.2, 0) is 15.0 Å². The van der Waals surface area contributed by atoms with Gasteiger partial charge in [-0.2, -0.15) is 0 Å². The van der Waals surface area contributed by atoms with Crippen LogP contribution in [0.15, 0.2) is 18.2 Å². The molecule has 1 aliphatic carbocycles. The van der Waals surface area contributed by atoms with E-state index in [0.29, 0.717) is 12.8 Å². The van der Waals surface area contributed by atoms with Gasteiger partial charge in [0.1, 0.15) is 11.6 Å². The third-order valence-corrected chi connectivity index (χ3v) is 4.31. The van der Waals surface area contributed by atoms with E-state index < -0.39 is 28.9 Å². The molecule has 2 amide bonds. The van der Waals surface area contributed by atoms with E-state index in [9.17, 15) is 18.4 Å². The largest absolute Gasteiger partial charge is 0.354 e. The number of nitrogens with two attached hydrogens (primary N) is 1. The highest BCUT2D eigenvalue weighted by Crippen LogP contribution is 2.42. The van der Waals surface area contributed by atoms with Crippen LogP contribution in [0, 0.1) is 11.6 Å². The van der Waals surface area contributed by atoms with E-state index in [1.54, 1.807) is 0 Å². The molecule has 1 saturated carbocycles. The molecule has 0 heterocycles. The van der Waals surface area contributed by atoms with E-state index in [1.807, 2.05) is 0 Å². The lowest BCUT2D eigenvalue weighted by Crippen LogP contribution is -2.45. The molecule has 1 aromatic rings. The predicted molar refractivity (Wildman–Crippen MR) is 81.6 cm³/mol. The zero-order chi connectivity index (χ0) is 16.9. The summed E-state index contributed by atoms with van der Waals surface area (Å²) >= 11 is 0. The molecule has 1 fully saturated rings. The van der Waals surface area contributed by atoms with Gasteiger partial charge in [-0.05, 0) is 25.0 Å². The van der Waals surface area contributed by atoms with Crippen LogP contribution in [0.2, 0.25) is 0 Å². The number of rotatable bonds is 6. The molecule has 0 radical (unpaired) electrons. The molecule has 0 aliphatic heterocycles. The molecule has 2 rings (SSSR count). The average molecular weight is 325 g/mol. The first kappa shape index (κ1) is 17.3. The van der Waals surface area contributed by atoms with Crippen LogP contribution >= 0.6 is 0 Å². The normalized spacial score (nSPS) is 16.1. The summed E-state index contributed by atoms with van der Waals surface area (Å²) in [6, 6.07) is 3.81. The van der Waals surface area contributed by atoms with Gasteiger partial charge in [0.15, 0.2) is 0 Å². The Morgan fingerprint density at radius 3 is 2.26 bits per heavy atom. The summed E-state index contributed by atoms with van der Waals surface area (Å²) in [4.78, 5) is 22.8. The molecule has 7 heteroatoms.